The van der Waals surface area contributed by atoms with Crippen LogP contribution in [0.3, 0.4) is 0 Å². The van der Waals surface area contributed by atoms with Crippen molar-refractivity contribution < 1.29 is 14.3 Å². The summed E-state index contributed by atoms with van der Waals surface area (Å²) in [7, 11) is 0. The molecule has 0 aromatic heterocycles. The van der Waals surface area contributed by atoms with E-state index >= 15 is 0 Å². The first-order valence-corrected chi connectivity index (χ1v) is 14.2. The lowest BCUT2D eigenvalue weighted by atomic mass is 10.0. The molecule has 0 spiro atoms. The summed E-state index contributed by atoms with van der Waals surface area (Å²) in [6.07, 6.45) is 1.24. The Morgan fingerprint density at radius 2 is 1.66 bits per heavy atom. The van der Waals surface area contributed by atoms with Gasteiger partial charge in [0.05, 0.1) is 14.5 Å². The number of aryl methyl sites for hydroxylation is 1. The Bertz CT molecular complexity index is 1240. The van der Waals surface area contributed by atoms with Gasteiger partial charge in [-0.3, -0.25) is 9.59 Å². The number of benzene rings is 3. The largest absolute Gasteiger partial charge is 0.483 e. The molecule has 202 valence electrons. The van der Waals surface area contributed by atoms with Crippen molar-refractivity contribution in [2.45, 2.75) is 46.2 Å². The standard InChI is InChI=1S/C30H33BrCl2N2O3/c1-4-21-11-13-28(24(31)14-21)38-19-29(36)35(18-23-10-12-25(32)26(33)15-23)27(30(37)34-17-20(2)3)16-22-8-6-5-7-9-22/h5-15,20,27H,4,16-19H2,1-3H3,(H,34,37)/t27-/m1/s1. The van der Waals surface area contributed by atoms with E-state index in [-0.39, 0.29) is 30.9 Å². The Kier molecular flexibility index (Phi) is 11.5. The zero-order valence-corrected chi connectivity index (χ0v) is 24.9. The van der Waals surface area contributed by atoms with Gasteiger partial charge in [-0.1, -0.05) is 86.4 Å². The summed E-state index contributed by atoms with van der Waals surface area (Å²) in [4.78, 5) is 28.8. The molecule has 0 unspecified atom stereocenters. The Balaban J connectivity index is 1.92. The van der Waals surface area contributed by atoms with Crippen LogP contribution in [-0.2, 0) is 29.0 Å². The average Bonchev–Trinajstić information content (AvgIpc) is 2.90. The van der Waals surface area contributed by atoms with E-state index in [0.717, 1.165) is 27.6 Å². The third kappa shape index (κ3) is 8.75. The van der Waals surface area contributed by atoms with Crippen LogP contribution in [-0.4, -0.2) is 35.9 Å². The molecule has 8 heteroatoms. The van der Waals surface area contributed by atoms with Crippen LogP contribution in [0.25, 0.3) is 0 Å². The Morgan fingerprint density at radius 1 is 0.947 bits per heavy atom. The summed E-state index contributed by atoms with van der Waals surface area (Å²) in [6, 6.07) is 19.9. The van der Waals surface area contributed by atoms with E-state index in [1.54, 1.807) is 23.1 Å². The molecule has 3 aromatic carbocycles. The number of ether oxygens (including phenoxy) is 1. The van der Waals surface area contributed by atoms with E-state index in [9.17, 15) is 9.59 Å². The predicted octanol–water partition coefficient (Wildman–Crippen LogP) is 7.11. The monoisotopic (exact) mass is 618 g/mol. The number of hydrogen-bond donors (Lipinski definition) is 1. The highest BCUT2D eigenvalue weighted by Gasteiger charge is 2.31. The van der Waals surface area contributed by atoms with E-state index in [1.807, 2.05) is 62.4 Å². The van der Waals surface area contributed by atoms with Crippen LogP contribution >= 0.6 is 39.1 Å². The van der Waals surface area contributed by atoms with Crippen LogP contribution in [0.4, 0.5) is 0 Å². The molecule has 0 saturated heterocycles. The number of nitrogens with zero attached hydrogens (tertiary/aromatic N) is 1. The minimum Gasteiger partial charge on any atom is -0.483 e. The number of carbonyl (C=O) groups excluding carboxylic acids is 2. The van der Waals surface area contributed by atoms with Gasteiger partial charge in [0.25, 0.3) is 5.91 Å². The summed E-state index contributed by atoms with van der Waals surface area (Å²) in [6.45, 7) is 6.58. The Labute approximate surface area is 243 Å². The SMILES string of the molecule is CCc1ccc(OCC(=O)N(Cc2ccc(Cl)c(Cl)c2)[C@H](Cc2ccccc2)C(=O)NCC(C)C)c(Br)c1. The summed E-state index contributed by atoms with van der Waals surface area (Å²) in [5.41, 5.74) is 2.86. The van der Waals surface area contributed by atoms with Gasteiger partial charge in [-0.2, -0.15) is 0 Å². The highest BCUT2D eigenvalue weighted by atomic mass is 79.9. The number of halogens is 3. The average molecular weight is 620 g/mol. The van der Waals surface area contributed by atoms with Crippen molar-refractivity contribution in [3.8, 4) is 5.75 Å². The Hall–Kier alpha value is -2.54. The molecule has 1 N–H and O–H groups in total. The zero-order chi connectivity index (χ0) is 27.7. The molecule has 0 heterocycles. The molecule has 0 aliphatic heterocycles. The van der Waals surface area contributed by atoms with Gasteiger partial charge in [-0.15, -0.1) is 0 Å². The van der Waals surface area contributed by atoms with Crippen molar-refractivity contribution >= 4 is 50.9 Å². The maximum Gasteiger partial charge on any atom is 0.261 e. The van der Waals surface area contributed by atoms with Gasteiger partial charge in [0.15, 0.2) is 6.61 Å². The fourth-order valence-electron chi connectivity index (χ4n) is 3.91. The van der Waals surface area contributed by atoms with E-state index < -0.39 is 6.04 Å². The molecule has 0 radical (unpaired) electrons. The van der Waals surface area contributed by atoms with Gasteiger partial charge in [0, 0.05) is 19.5 Å². The highest BCUT2D eigenvalue weighted by Crippen LogP contribution is 2.27. The van der Waals surface area contributed by atoms with Crippen LogP contribution in [0.2, 0.25) is 10.0 Å². The lowest BCUT2D eigenvalue weighted by Gasteiger charge is -2.32. The normalized spacial score (nSPS) is 11.8. The third-order valence-corrected chi connectivity index (χ3v) is 7.41. The molecular formula is C30H33BrCl2N2O3. The van der Waals surface area contributed by atoms with Crippen LogP contribution in [0.5, 0.6) is 5.75 Å². The number of amides is 2. The van der Waals surface area contributed by atoms with Crippen LogP contribution in [0.1, 0.15) is 37.5 Å². The van der Waals surface area contributed by atoms with Gasteiger partial charge in [0.1, 0.15) is 11.8 Å². The van der Waals surface area contributed by atoms with E-state index in [1.165, 1.54) is 0 Å². The molecule has 2 amide bonds. The van der Waals surface area contributed by atoms with Crippen molar-refractivity contribution in [1.29, 1.82) is 0 Å². The van der Waals surface area contributed by atoms with E-state index in [2.05, 4.69) is 28.2 Å². The van der Waals surface area contributed by atoms with Gasteiger partial charge in [0.2, 0.25) is 5.91 Å². The highest BCUT2D eigenvalue weighted by molar-refractivity contribution is 9.10. The molecule has 1 atom stereocenters. The van der Waals surface area contributed by atoms with Crippen molar-refractivity contribution in [2.75, 3.05) is 13.2 Å². The summed E-state index contributed by atoms with van der Waals surface area (Å²) >= 11 is 15.9. The molecule has 3 aromatic rings. The number of nitrogens with one attached hydrogen (secondary N) is 1. The topological polar surface area (TPSA) is 58.6 Å². The first kappa shape index (κ1) is 30.0. The quantitative estimate of drug-likeness (QED) is 0.235. The fourth-order valence-corrected chi connectivity index (χ4v) is 4.78. The minimum absolute atomic E-state index is 0.168. The second-order valence-corrected chi connectivity index (χ2v) is 11.2. The van der Waals surface area contributed by atoms with E-state index in [4.69, 9.17) is 27.9 Å². The summed E-state index contributed by atoms with van der Waals surface area (Å²) < 4.78 is 6.70. The van der Waals surface area contributed by atoms with Gasteiger partial charge in [-0.05, 0) is 69.2 Å². The molecule has 38 heavy (non-hydrogen) atoms. The van der Waals surface area contributed by atoms with Gasteiger partial charge in [-0.25, -0.2) is 0 Å². The van der Waals surface area contributed by atoms with Crippen LogP contribution in [0.15, 0.2) is 71.2 Å². The first-order valence-electron chi connectivity index (χ1n) is 12.6. The summed E-state index contributed by atoms with van der Waals surface area (Å²) in [5, 5.41) is 3.82. The molecule has 3 rings (SSSR count). The zero-order valence-electron chi connectivity index (χ0n) is 21.8. The fraction of sp³-hybridized carbons (Fsp3) is 0.333. The molecule has 5 nitrogen and oxygen atoms in total. The van der Waals surface area contributed by atoms with Crippen molar-refractivity contribution in [1.82, 2.24) is 10.2 Å². The minimum atomic E-state index is -0.757. The maximum absolute atomic E-state index is 13.7. The lowest BCUT2D eigenvalue weighted by Crippen LogP contribution is -2.52. The first-order chi connectivity index (χ1) is 18.2. The van der Waals surface area contributed by atoms with E-state index in [0.29, 0.717) is 28.8 Å². The number of hydrogen-bond acceptors (Lipinski definition) is 3. The smallest absolute Gasteiger partial charge is 0.261 e. The van der Waals surface area contributed by atoms with Gasteiger partial charge >= 0.3 is 0 Å². The van der Waals surface area contributed by atoms with Crippen molar-refractivity contribution in [3.63, 3.8) is 0 Å². The lowest BCUT2D eigenvalue weighted by molar-refractivity contribution is -0.142. The van der Waals surface area contributed by atoms with Crippen molar-refractivity contribution in [2.24, 2.45) is 5.92 Å². The molecular weight excluding hydrogens is 587 g/mol. The van der Waals surface area contributed by atoms with Crippen molar-refractivity contribution in [3.05, 3.63) is 97.9 Å². The summed E-state index contributed by atoms with van der Waals surface area (Å²) in [5.74, 6) is 0.295. The maximum atomic E-state index is 13.7. The number of carbonyl (C=O) groups is 2. The molecule has 0 aliphatic carbocycles. The predicted molar refractivity (Wildman–Crippen MR) is 158 cm³/mol. The molecule has 0 fully saturated rings. The molecule has 0 saturated carbocycles. The molecule has 0 bridgehead atoms. The molecule has 0 aliphatic rings. The third-order valence-electron chi connectivity index (χ3n) is 6.05. The second kappa shape index (κ2) is 14.6. The second-order valence-electron chi connectivity index (χ2n) is 9.52. The van der Waals surface area contributed by atoms with Crippen LogP contribution in [0, 0.1) is 5.92 Å². The Morgan fingerprint density at radius 3 is 2.29 bits per heavy atom. The van der Waals surface area contributed by atoms with Crippen LogP contribution < -0.4 is 10.1 Å². The van der Waals surface area contributed by atoms with Gasteiger partial charge < -0.3 is 15.0 Å². The number of rotatable bonds is 12.